The molecular weight excluding hydrogens is 254 g/mol. The number of rotatable bonds is 1. The SMILES string of the molecule is Nc1cc(F)ccc1-c1nc2cc(F)ccc2s1. The van der Waals surface area contributed by atoms with Crippen LogP contribution < -0.4 is 5.73 Å². The minimum atomic E-state index is -0.386. The third-order valence-electron chi connectivity index (χ3n) is 2.59. The number of nitrogens with two attached hydrogens (primary N) is 1. The molecule has 2 nitrogen and oxygen atoms in total. The van der Waals surface area contributed by atoms with Gasteiger partial charge in [0.2, 0.25) is 0 Å². The molecule has 3 rings (SSSR count). The Balaban J connectivity index is 2.19. The molecule has 3 aromatic rings. The first-order chi connectivity index (χ1) is 8.63. The summed E-state index contributed by atoms with van der Waals surface area (Å²) in [5.41, 5.74) is 7.33. The van der Waals surface area contributed by atoms with E-state index >= 15 is 0 Å². The zero-order chi connectivity index (χ0) is 12.7. The number of halogens is 2. The lowest BCUT2D eigenvalue weighted by molar-refractivity contribution is 0.628. The van der Waals surface area contributed by atoms with Crippen molar-refractivity contribution in [3.05, 3.63) is 48.0 Å². The summed E-state index contributed by atoms with van der Waals surface area (Å²) in [7, 11) is 0. The molecule has 0 atom stereocenters. The number of aromatic nitrogens is 1. The molecule has 5 heteroatoms. The van der Waals surface area contributed by atoms with Crippen LogP contribution in [0.15, 0.2) is 36.4 Å². The number of hydrogen-bond acceptors (Lipinski definition) is 3. The lowest BCUT2D eigenvalue weighted by Crippen LogP contribution is -1.90. The summed E-state index contributed by atoms with van der Waals surface area (Å²) in [6, 6.07) is 8.60. The number of hydrogen-bond donors (Lipinski definition) is 1. The van der Waals surface area contributed by atoms with E-state index in [9.17, 15) is 8.78 Å². The molecule has 0 unspecified atom stereocenters. The summed E-state index contributed by atoms with van der Waals surface area (Å²) < 4.78 is 26.9. The zero-order valence-corrected chi connectivity index (χ0v) is 9.97. The average Bonchev–Trinajstić information content (AvgIpc) is 2.71. The van der Waals surface area contributed by atoms with Crippen LogP contribution in [0.3, 0.4) is 0 Å². The van der Waals surface area contributed by atoms with Crippen molar-refractivity contribution in [2.75, 3.05) is 5.73 Å². The molecule has 0 aliphatic rings. The van der Waals surface area contributed by atoms with Crippen molar-refractivity contribution in [2.45, 2.75) is 0 Å². The van der Waals surface area contributed by atoms with E-state index < -0.39 is 0 Å². The summed E-state index contributed by atoms with van der Waals surface area (Å²) in [5, 5.41) is 0.660. The van der Waals surface area contributed by atoms with Gasteiger partial charge < -0.3 is 5.73 Å². The van der Waals surface area contributed by atoms with Gasteiger partial charge >= 0.3 is 0 Å². The van der Waals surface area contributed by atoms with E-state index in [1.54, 1.807) is 12.1 Å². The Hall–Kier alpha value is -2.01. The lowest BCUT2D eigenvalue weighted by atomic mass is 10.2. The topological polar surface area (TPSA) is 38.9 Å². The minimum absolute atomic E-state index is 0.327. The summed E-state index contributed by atoms with van der Waals surface area (Å²) in [6.45, 7) is 0. The van der Waals surface area contributed by atoms with Gasteiger partial charge in [-0.25, -0.2) is 13.8 Å². The average molecular weight is 262 g/mol. The zero-order valence-electron chi connectivity index (χ0n) is 9.15. The van der Waals surface area contributed by atoms with Crippen LogP contribution in [0.5, 0.6) is 0 Å². The second kappa shape index (κ2) is 4.03. The number of fused-ring (bicyclic) bond motifs is 1. The smallest absolute Gasteiger partial charge is 0.126 e. The molecule has 0 amide bonds. The number of thiazole rings is 1. The van der Waals surface area contributed by atoms with Crippen LogP contribution in [-0.2, 0) is 0 Å². The molecule has 0 radical (unpaired) electrons. The van der Waals surface area contributed by atoms with Crippen LogP contribution >= 0.6 is 11.3 Å². The number of anilines is 1. The predicted octanol–water partition coefficient (Wildman–Crippen LogP) is 3.82. The number of nitrogen functional groups attached to an aromatic ring is 1. The Kier molecular flexibility index (Phi) is 2.48. The van der Waals surface area contributed by atoms with E-state index in [1.807, 2.05) is 0 Å². The Morgan fingerprint density at radius 3 is 2.50 bits per heavy atom. The van der Waals surface area contributed by atoms with Gasteiger partial charge in [-0.05, 0) is 30.3 Å². The Morgan fingerprint density at radius 1 is 1.00 bits per heavy atom. The van der Waals surface area contributed by atoms with Gasteiger partial charge in [0, 0.05) is 17.3 Å². The molecule has 1 aromatic heterocycles. The van der Waals surface area contributed by atoms with Crippen molar-refractivity contribution in [2.24, 2.45) is 0 Å². The second-order valence-corrected chi connectivity index (χ2v) is 4.89. The third kappa shape index (κ3) is 1.82. The fourth-order valence-corrected chi connectivity index (χ4v) is 2.74. The molecule has 0 aliphatic heterocycles. The van der Waals surface area contributed by atoms with Crippen molar-refractivity contribution < 1.29 is 8.78 Å². The molecule has 2 aromatic carbocycles. The van der Waals surface area contributed by atoms with Crippen LogP contribution in [0.4, 0.5) is 14.5 Å². The molecule has 0 saturated carbocycles. The highest BCUT2D eigenvalue weighted by molar-refractivity contribution is 7.21. The van der Waals surface area contributed by atoms with Crippen LogP contribution in [0, 0.1) is 11.6 Å². The molecule has 90 valence electrons. The maximum absolute atomic E-state index is 13.1. The fraction of sp³-hybridized carbons (Fsp3) is 0. The minimum Gasteiger partial charge on any atom is -0.398 e. The van der Waals surface area contributed by atoms with Gasteiger partial charge in [0.1, 0.15) is 16.6 Å². The van der Waals surface area contributed by atoms with Crippen molar-refractivity contribution in [3.8, 4) is 10.6 Å². The first-order valence-electron chi connectivity index (χ1n) is 5.25. The maximum atomic E-state index is 13.1. The van der Waals surface area contributed by atoms with Crippen LogP contribution in [0.25, 0.3) is 20.8 Å². The van der Waals surface area contributed by atoms with Crippen molar-refractivity contribution in [3.63, 3.8) is 0 Å². The van der Waals surface area contributed by atoms with E-state index in [0.717, 1.165) is 4.70 Å². The lowest BCUT2D eigenvalue weighted by Gasteiger charge is -2.00. The standard InChI is InChI=1S/C13H8F2N2S/c14-7-1-3-9(10(16)5-7)13-17-11-6-8(15)2-4-12(11)18-13/h1-6H,16H2. The van der Waals surface area contributed by atoms with Gasteiger partial charge in [-0.15, -0.1) is 11.3 Å². The van der Waals surface area contributed by atoms with Gasteiger partial charge in [0.25, 0.3) is 0 Å². The van der Waals surface area contributed by atoms with Crippen LogP contribution in [0.1, 0.15) is 0 Å². The summed E-state index contributed by atoms with van der Waals surface area (Å²) in [5.74, 6) is -0.713. The molecule has 0 bridgehead atoms. The van der Waals surface area contributed by atoms with Crippen LogP contribution in [-0.4, -0.2) is 4.98 Å². The highest BCUT2D eigenvalue weighted by Crippen LogP contribution is 2.33. The summed E-state index contributed by atoms with van der Waals surface area (Å²) in [4.78, 5) is 4.31. The molecule has 18 heavy (non-hydrogen) atoms. The van der Waals surface area contributed by atoms with Gasteiger partial charge in [-0.3, -0.25) is 0 Å². The molecule has 2 N–H and O–H groups in total. The largest absolute Gasteiger partial charge is 0.398 e. The van der Waals surface area contributed by atoms with Crippen LogP contribution in [0.2, 0.25) is 0 Å². The van der Waals surface area contributed by atoms with E-state index in [2.05, 4.69) is 4.98 Å². The second-order valence-electron chi connectivity index (χ2n) is 3.86. The highest BCUT2D eigenvalue weighted by atomic mass is 32.1. The Morgan fingerprint density at radius 2 is 1.72 bits per heavy atom. The molecule has 1 heterocycles. The summed E-state index contributed by atoms with van der Waals surface area (Å²) in [6.07, 6.45) is 0. The van der Waals surface area contributed by atoms with E-state index in [1.165, 1.54) is 35.6 Å². The van der Waals surface area contributed by atoms with Gasteiger partial charge in [0.05, 0.1) is 10.2 Å². The highest BCUT2D eigenvalue weighted by Gasteiger charge is 2.10. The van der Waals surface area contributed by atoms with Crippen molar-refractivity contribution in [1.82, 2.24) is 4.98 Å². The molecule has 0 spiro atoms. The molecule has 0 aliphatic carbocycles. The molecular formula is C13H8F2N2S. The Labute approximate surface area is 106 Å². The fourth-order valence-electron chi connectivity index (χ4n) is 1.74. The van der Waals surface area contributed by atoms with Gasteiger partial charge in [0.15, 0.2) is 0 Å². The Bertz CT molecular complexity index is 737. The quantitative estimate of drug-likeness (QED) is 0.677. The van der Waals surface area contributed by atoms with Crippen molar-refractivity contribution >= 4 is 27.2 Å². The molecule has 0 fully saturated rings. The predicted molar refractivity (Wildman–Crippen MR) is 69.4 cm³/mol. The number of nitrogens with zero attached hydrogens (tertiary/aromatic N) is 1. The maximum Gasteiger partial charge on any atom is 0.126 e. The van der Waals surface area contributed by atoms with Gasteiger partial charge in [-0.2, -0.15) is 0 Å². The van der Waals surface area contributed by atoms with E-state index in [4.69, 9.17) is 5.73 Å². The summed E-state index contributed by atoms with van der Waals surface area (Å²) >= 11 is 1.40. The monoisotopic (exact) mass is 262 g/mol. The number of benzene rings is 2. The molecule has 0 saturated heterocycles. The first kappa shape index (κ1) is 11.1. The van der Waals surface area contributed by atoms with E-state index in [-0.39, 0.29) is 11.6 Å². The normalized spacial score (nSPS) is 11.0. The van der Waals surface area contributed by atoms with Crippen molar-refractivity contribution in [1.29, 1.82) is 0 Å². The van der Waals surface area contributed by atoms with E-state index in [0.29, 0.717) is 21.8 Å². The third-order valence-corrected chi connectivity index (χ3v) is 3.66. The first-order valence-corrected chi connectivity index (χ1v) is 6.06. The van der Waals surface area contributed by atoms with Gasteiger partial charge in [-0.1, -0.05) is 0 Å².